The summed E-state index contributed by atoms with van der Waals surface area (Å²) in [5.74, 6) is 0. The van der Waals surface area contributed by atoms with Crippen LogP contribution in [0.25, 0.3) is 99.8 Å². The Balaban J connectivity index is 0.758. The van der Waals surface area contributed by atoms with Gasteiger partial charge >= 0.3 is 0 Å². The van der Waals surface area contributed by atoms with Crippen molar-refractivity contribution in [3.8, 4) is 89.0 Å². The molecule has 0 aromatic heterocycles. The molecule has 0 heteroatoms. The van der Waals surface area contributed by atoms with Crippen LogP contribution in [0.2, 0.25) is 0 Å². The molecule has 0 fully saturated rings. The van der Waals surface area contributed by atoms with E-state index in [1.54, 1.807) is 0 Å². The fourth-order valence-electron chi connectivity index (χ4n) is 12.2. The Morgan fingerprint density at radius 1 is 0.194 bits per heavy atom. The summed E-state index contributed by atoms with van der Waals surface area (Å²) < 4.78 is 0. The normalized spacial score (nSPS) is 15.1. The molecule has 0 unspecified atom stereocenters. The number of hydrogen-bond acceptors (Lipinski definition) is 0. The lowest BCUT2D eigenvalue weighted by atomic mass is 9.79. The summed E-state index contributed by atoms with van der Waals surface area (Å²) in [6.45, 7) is 14.4. The number of benzene rings is 10. The zero-order chi connectivity index (χ0) is 45.4. The molecule has 0 N–H and O–H groups in total. The van der Waals surface area contributed by atoms with Gasteiger partial charge in [-0.2, -0.15) is 0 Å². The lowest BCUT2D eigenvalue weighted by molar-refractivity contribution is 0.659. The van der Waals surface area contributed by atoms with Crippen molar-refractivity contribution in [2.45, 2.75) is 57.8 Å². The standard InChI is InChI=1S/C67H52/c1-65(2)59-14-10-9-13-53(59)54-31-26-49(37-60(54)65)50-27-33-57-58-34-29-52(40-64(58)67(5,6)63(57)38-50)51-28-32-56-55-30-25-48(36-61(55)66(3,4)62(56)39-51)45-21-17-43(18-22-45)42-15-19-44(20-16-42)47-24-23-41-11-7-8-12-46(41)35-47/h7-40H,1-6H3. The SMILES string of the molecule is CC1(C)c2ccccc2-c2ccc(-c3ccc4c(c3)C(C)(C)c3cc(-c5ccc6c(c5)C(C)(C)c5cc(-c7ccc(-c8ccc(-c9ccc%10ccccc%10c9)cc8)cc7)ccc5-6)ccc3-4)cc21. The summed E-state index contributed by atoms with van der Waals surface area (Å²) in [6, 6.07) is 78.0. The molecule has 13 rings (SSSR count). The molecule has 0 radical (unpaired) electrons. The molecule has 0 bridgehead atoms. The van der Waals surface area contributed by atoms with Crippen molar-refractivity contribution in [3.63, 3.8) is 0 Å². The first-order chi connectivity index (χ1) is 32.4. The van der Waals surface area contributed by atoms with Crippen LogP contribution in [0, 0.1) is 0 Å². The quantitative estimate of drug-likeness (QED) is 0.162. The van der Waals surface area contributed by atoms with Gasteiger partial charge in [0, 0.05) is 16.2 Å². The van der Waals surface area contributed by atoms with Crippen LogP contribution in [0.4, 0.5) is 0 Å². The van der Waals surface area contributed by atoms with Crippen molar-refractivity contribution in [2.75, 3.05) is 0 Å². The Morgan fingerprint density at radius 2 is 0.448 bits per heavy atom. The second-order valence-electron chi connectivity index (χ2n) is 20.9. The average Bonchev–Trinajstić information content (AvgIpc) is 3.84. The topological polar surface area (TPSA) is 0 Å². The van der Waals surface area contributed by atoms with E-state index >= 15 is 0 Å². The Bertz CT molecular complexity index is 3680. The Morgan fingerprint density at radius 3 is 0.851 bits per heavy atom. The van der Waals surface area contributed by atoms with Gasteiger partial charge in [0.1, 0.15) is 0 Å². The molecule has 10 aromatic carbocycles. The van der Waals surface area contributed by atoms with Gasteiger partial charge in [0.05, 0.1) is 0 Å². The molecule has 10 aromatic rings. The van der Waals surface area contributed by atoms with E-state index in [2.05, 4.69) is 248 Å². The highest BCUT2D eigenvalue weighted by Gasteiger charge is 2.39. The Hall–Kier alpha value is -7.54. The monoisotopic (exact) mass is 856 g/mol. The summed E-state index contributed by atoms with van der Waals surface area (Å²) in [5, 5.41) is 2.54. The summed E-state index contributed by atoms with van der Waals surface area (Å²) in [6.07, 6.45) is 0. The fourth-order valence-corrected chi connectivity index (χ4v) is 12.2. The molecular formula is C67H52. The van der Waals surface area contributed by atoms with Gasteiger partial charge in [0.25, 0.3) is 0 Å². The second-order valence-corrected chi connectivity index (χ2v) is 20.9. The zero-order valence-electron chi connectivity index (χ0n) is 39.1. The second kappa shape index (κ2) is 14.2. The molecule has 0 nitrogen and oxygen atoms in total. The van der Waals surface area contributed by atoms with Crippen LogP contribution in [-0.4, -0.2) is 0 Å². The third-order valence-electron chi connectivity index (χ3n) is 16.1. The maximum absolute atomic E-state index is 2.47. The number of fused-ring (bicyclic) bond motifs is 10. The Labute approximate surface area is 395 Å². The van der Waals surface area contributed by atoms with Crippen LogP contribution < -0.4 is 0 Å². The molecule has 0 saturated heterocycles. The van der Waals surface area contributed by atoms with Crippen LogP contribution in [0.5, 0.6) is 0 Å². The van der Waals surface area contributed by atoms with Crippen molar-refractivity contribution in [1.82, 2.24) is 0 Å². The molecule has 3 aliphatic rings. The maximum atomic E-state index is 2.47. The van der Waals surface area contributed by atoms with Gasteiger partial charge in [-0.3, -0.25) is 0 Å². The van der Waals surface area contributed by atoms with E-state index in [9.17, 15) is 0 Å². The van der Waals surface area contributed by atoms with Gasteiger partial charge < -0.3 is 0 Å². The first-order valence-electron chi connectivity index (χ1n) is 24.0. The van der Waals surface area contributed by atoms with Gasteiger partial charge in [-0.1, -0.05) is 211 Å². The highest BCUT2D eigenvalue weighted by atomic mass is 14.4. The smallest absolute Gasteiger partial charge is 0.0159 e. The van der Waals surface area contributed by atoms with Crippen LogP contribution >= 0.6 is 0 Å². The van der Waals surface area contributed by atoms with Crippen molar-refractivity contribution < 1.29 is 0 Å². The highest BCUT2D eigenvalue weighted by molar-refractivity contribution is 5.91. The highest BCUT2D eigenvalue weighted by Crippen LogP contribution is 2.54. The first kappa shape index (κ1) is 39.8. The van der Waals surface area contributed by atoms with E-state index < -0.39 is 0 Å². The molecular weight excluding hydrogens is 805 g/mol. The van der Waals surface area contributed by atoms with Gasteiger partial charge in [-0.15, -0.1) is 0 Å². The van der Waals surface area contributed by atoms with Crippen LogP contribution in [0.1, 0.15) is 74.9 Å². The predicted molar refractivity (Wildman–Crippen MR) is 284 cm³/mol. The van der Waals surface area contributed by atoms with E-state index in [1.165, 1.54) is 133 Å². The number of rotatable bonds is 5. The molecule has 0 saturated carbocycles. The lowest BCUT2D eigenvalue weighted by Crippen LogP contribution is -2.16. The number of hydrogen-bond donors (Lipinski definition) is 0. The first-order valence-corrected chi connectivity index (χ1v) is 24.0. The van der Waals surface area contributed by atoms with Gasteiger partial charge in [-0.05, 0) is 170 Å². The minimum Gasteiger partial charge on any atom is -0.0619 e. The third-order valence-corrected chi connectivity index (χ3v) is 16.1. The minimum absolute atomic E-state index is 0.0219. The molecule has 0 amide bonds. The summed E-state index contributed by atoms with van der Waals surface area (Å²) in [5.41, 5.74) is 28.8. The minimum atomic E-state index is -0.137. The predicted octanol–water partition coefficient (Wildman–Crippen LogP) is 18.1. The van der Waals surface area contributed by atoms with Crippen LogP contribution in [0.15, 0.2) is 206 Å². The van der Waals surface area contributed by atoms with E-state index in [0.29, 0.717) is 0 Å². The third kappa shape index (κ3) is 5.98. The molecule has 0 heterocycles. The van der Waals surface area contributed by atoms with E-state index in [4.69, 9.17) is 0 Å². The average molecular weight is 857 g/mol. The summed E-state index contributed by atoms with van der Waals surface area (Å²) in [4.78, 5) is 0. The van der Waals surface area contributed by atoms with Gasteiger partial charge in [0.2, 0.25) is 0 Å². The molecule has 320 valence electrons. The van der Waals surface area contributed by atoms with Crippen molar-refractivity contribution in [3.05, 3.63) is 240 Å². The van der Waals surface area contributed by atoms with Gasteiger partial charge in [-0.25, -0.2) is 0 Å². The molecule has 0 spiro atoms. The van der Waals surface area contributed by atoms with E-state index in [0.717, 1.165) is 0 Å². The summed E-state index contributed by atoms with van der Waals surface area (Å²) >= 11 is 0. The fraction of sp³-hybridized carbons (Fsp3) is 0.134. The van der Waals surface area contributed by atoms with E-state index in [1.807, 2.05) is 0 Å². The zero-order valence-corrected chi connectivity index (χ0v) is 39.1. The van der Waals surface area contributed by atoms with Gasteiger partial charge in [0.15, 0.2) is 0 Å². The Kier molecular flexibility index (Phi) is 8.45. The molecule has 0 atom stereocenters. The van der Waals surface area contributed by atoms with Crippen molar-refractivity contribution in [1.29, 1.82) is 0 Å². The molecule has 67 heavy (non-hydrogen) atoms. The van der Waals surface area contributed by atoms with Crippen molar-refractivity contribution in [2.24, 2.45) is 0 Å². The summed E-state index contributed by atoms with van der Waals surface area (Å²) in [7, 11) is 0. The van der Waals surface area contributed by atoms with Crippen molar-refractivity contribution >= 4 is 10.8 Å². The maximum Gasteiger partial charge on any atom is 0.0159 e. The molecule has 0 aliphatic heterocycles. The largest absolute Gasteiger partial charge is 0.0619 e. The van der Waals surface area contributed by atoms with Crippen LogP contribution in [0.3, 0.4) is 0 Å². The molecule has 3 aliphatic carbocycles. The van der Waals surface area contributed by atoms with Crippen LogP contribution in [-0.2, 0) is 16.2 Å². The van der Waals surface area contributed by atoms with E-state index in [-0.39, 0.29) is 16.2 Å². The lowest BCUT2D eigenvalue weighted by Gasteiger charge is -2.24.